The smallest absolute Gasteiger partial charge is 0.336 e. The largest absolute Gasteiger partial charge is 0.460 e. The van der Waals surface area contributed by atoms with E-state index in [-0.39, 0.29) is 30.7 Å². The van der Waals surface area contributed by atoms with E-state index in [1.54, 1.807) is 23.5 Å². The average Bonchev–Trinajstić information content (AvgIpc) is 3.28. The summed E-state index contributed by atoms with van der Waals surface area (Å²) in [5, 5.41) is 5.32. The molecule has 0 radical (unpaired) electrons. The standard InChI is InChI=1S/C24H24FNO4S/c1-14-21(24(28)30-10-9-29-2)22(15-5-7-17(25)8-6-15)23-18(26-14)12-16(13-19(23)27)20-4-3-11-31-20/h3-8,11,16,22,26H,9-10,12-13H2,1-2H3/t16-,22-/m0/s1. The minimum Gasteiger partial charge on any atom is -0.460 e. The normalized spacial score (nSPS) is 21.1. The van der Waals surface area contributed by atoms with Gasteiger partial charge in [-0.3, -0.25) is 4.79 Å². The third-order valence-corrected chi connectivity index (χ3v) is 6.75. The summed E-state index contributed by atoms with van der Waals surface area (Å²) in [4.78, 5) is 27.5. The third kappa shape index (κ3) is 4.34. The summed E-state index contributed by atoms with van der Waals surface area (Å²) in [5.41, 5.74) is 3.12. The van der Waals surface area contributed by atoms with Crippen molar-refractivity contribution in [2.24, 2.45) is 0 Å². The van der Waals surface area contributed by atoms with E-state index in [0.717, 1.165) is 5.70 Å². The van der Waals surface area contributed by atoms with Crippen LogP contribution in [0.3, 0.4) is 0 Å². The van der Waals surface area contributed by atoms with Crippen LogP contribution in [0.15, 0.2) is 64.3 Å². The molecule has 1 N–H and O–H groups in total. The molecule has 5 nitrogen and oxygen atoms in total. The molecule has 0 saturated carbocycles. The highest BCUT2D eigenvalue weighted by Gasteiger charge is 2.41. The fourth-order valence-electron chi connectivity index (χ4n) is 4.32. The summed E-state index contributed by atoms with van der Waals surface area (Å²) < 4.78 is 24.0. The zero-order valence-electron chi connectivity index (χ0n) is 17.4. The van der Waals surface area contributed by atoms with Crippen molar-refractivity contribution in [3.8, 4) is 0 Å². The molecule has 2 aliphatic rings. The number of allylic oxidation sites excluding steroid dienone is 3. The molecule has 0 unspecified atom stereocenters. The molecule has 1 aromatic carbocycles. The molecule has 1 aromatic heterocycles. The number of benzene rings is 1. The molecule has 4 rings (SSSR count). The second-order valence-electron chi connectivity index (χ2n) is 7.71. The van der Waals surface area contributed by atoms with Crippen molar-refractivity contribution in [1.82, 2.24) is 5.32 Å². The number of esters is 1. The number of rotatable bonds is 6. The van der Waals surface area contributed by atoms with Gasteiger partial charge in [-0.25, -0.2) is 9.18 Å². The van der Waals surface area contributed by atoms with Crippen LogP contribution < -0.4 is 5.32 Å². The first-order chi connectivity index (χ1) is 15.0. The number of methoxy groups -OCH3 is 1. The summed E-state index contributed by atoms with van der Waals surface area (Å²) in [6, 6.07) is 10.00. The molecule has 2 heterocycles. The van der Waals surface area contributed by atoms with Gasteiger partial charge in [-0.2, -0.15) is 0 Å². The van der Waals surface area contributed by atoms with E-state index in [4.69, 9.17) is 9.47 Å². The van der Waals surface area contributed by atoms with Gasteiger partial charge in [-0.1, -0.05) is 18.2 Å². The lowest BCUT2D eigenvalue weighted by Gasteiger charge is -2.36. The maximum Gasteiger partial charge on any atom is 0.336 e. The number of hydrogen-bond donors (Lipinski definition) is 1. The van der Waals surface area contributed by atoms with Crippen LogP contribution in [0.25, 0.3) is 0 Å². The van der Waals surface area contributed by atoms with Gasteiger partial charge in [0.05, 0.1) is 12.2 Å². The number of carbonyl (C=O) groups excluding carboxylic acids is 2. The maximum atomic E-state index is 13.6. The van der Waals surface area contributed by atoms with E-state index >= 15 is 0 Å². The van der Waals surface area contributed by atoms with Crippen LogP contribution in [0.5, 0.6) is 0 Å². The number of dihydropyridines is 1. The van der Waals surface area contributed by atoms with E-state index in [0.29, 0.717) is 35.2 Å². The summed E-state index contributed by atoms with van der Waals surface area (Å²) >= 11 is 1.64. The minimum atomic E-state index is -0.594. The van der Waals surface area contributed by atoms with Crippen molar-refractivity contribution in [1.29, 1.82) is 0 Å². The Kier molecular flexibility index (Phi) is 6.34. The predicted octanol–water partition coefficient (Wildman–Crippen LogP) is 4.44. The molecule has 31 heavy (non-hydrogen) atoms. The topological polar surface area (TPSA) is 64.6 Å². The van der Waals surface area contributed by atoms with E-state index in [9.17, 15) is 14.0 Å². The molecule has 0 amide bonds. The summed E-state index contributed by atoms with van der Waals surface area (Å²) in [5.74, 6) is -1.36. The van der Waals surface area contributed by atoms with Gasteiger partial charge in [0.2, 0.25) is 0 Å². The Balaban J connectivity index is 1.74. The molecule has 2 atom stereocenters. The first-order valence-corrected chi connectivity index (χ1v) is 11.1. The second kappa shape index (κ2) is 9.16. The van der Waals surface area contributed by atoms with Gasteiger partial charge < -0.3 is 14.8 Å². The number of thiophene rings is 1. The van der Waals surface area contributed by atoms with Gasteiger partial charge >= 0.3 is 5.97 Å². The van der Waals surface area contributed by atoms with Crippen molar-refractivity contribution >= 4 is 23.1 Å². The number of halogens is 1. The highest BCUT2D eigenvalue weighted by Crippen LogP contribution is 2.46. The number of nitrogens with one attached hydrogen (secondary N) is 1. The van der Waals surface area contributed by atoms with Crippen LogP contribution in [0.2, 0.25) is 0 Å². The van der Waals surface area contributed by atoms with Gasteiger partial charge in [-0.05, 0) is 42.5 Å². The second-order valence-corrected chi connectivity index (χ2v) is 8.69. The van der Waals surface area contributed by atoms with E-state index < -0.39 is 11.9 Å². The quantitative estimate of drug-likeness (QED) is 0.530. The Morgan fingerprint density at radius 1 is 1.19 bits per heavy atom. The Bertz CT molecular complexity index is 1040. The molecule has 0 bridgehead atoms. The fourth-order valence-corrected chi connectivity index (χ4v) is 5.15. The molecule has 1 aliphatic heterocycles. The van der Waals surface area contributed by atoms with Crippen LogP contribution in [-0.4, -0.2) is 32.1 Å². The molecule has 0 fully saturated rings. The van der Waals surface area contributed by atoms with Gasteiger partial charge in [0, 0.05) is 47.2 Å². The molecule has 0 saturated heterocycles. The Morgan fingerprint density at radius 2 is 1.97 bits per heavy atom. The van der Waals surface area contributed by atoms with Crippen LogP contribution in [0.1, 0.15) is 42.0 Å². The molecule has 2 aromatic rings. The van der Waals surface area contributed by atoms with Crippen LogP contribution in [0.4, 0.5) is 4.39 Å². The Labute approximate surface area is 184 Å². The molecule has 1 aliphatic carbocycles. The highest BCUT2D eigenvalue weighted by atomic mass is 32.1. The fraction of sp³-hybridized carbons (Fsp3) is 0.333. The maximum absolute atomic E-state index is 13.6. The van der Waals surface area contributed by atoms with Crippen LogP contribution in [-0.2, 0) is 19.1 Å². The van der Waals surface area contributed by atoms with E-state index in [1.807, 2.05) is 18.4 Å². The SMILES string of the molecule is COCCOC(=O)C1=C(C)NC2=C(C(=O)C[C@@H](c3cccs3)C2)[C@H]1c1ccc(F)cc1. The molecule has 162 valence electrons. The van der Waals surface area contributed by atoms with Gasteiger partial charge in [0.1, 0.15) is 12.4 Å². The van der Waals surface area contributed by atoms with Gasteiger partial charge in [-0.15, -0.1) is 11.3 Å². The highest BCUT2D eigenvalue weighted by molar-refractivity contribution is 7.10. The first-order valence-electron chi connectivity index (χ1n) is 10.2. The number of carbonyl (C=O) groups is 2. The summed E-state index contributed by atoms with van der Waals surface area (Å²) in [7, 11) is 1.53. The van der Waals surface area contributed by atoms with E-state index in [1.165, 1.54) is 24.1 Å². The lowest BCUT2D eigenvalue weighted by molar-refractivity contribution is -0.140. The van der Waals surface area contributed by atoms with Crippen molar-refractivity contribution in [3.05, 3.63) is 80.6 Å². The van der Waals surface area contributed by atoms with Crippen molar-refractivity contribution in [3.63, 3.8) is 0 Å². The molecular formula is C24H24FNO4S. The molecule has 0 spiro atoms. The van der Waals surface area contributed by atoms with E-state index in [2.05, 4.69) is 11.4 Å². The predicted molar refractivity (Wildman–Crippen MR) is 116 cm³/mol. The van der Waals surface area contributed by atoms with Gasteiger partial charge in [0.15, 0.2) is 5.78 Å². The van der Waals surface area contributed by atoms with Gasteiger partial charge in [0.25, 0.3) is 0 Å². The Morgan fingerprint density at radius 3 is 2.65 bits per heavy atom. The average molecular weight is 442 g/mol. The first kappa shape index (κ1) is 21.5. The lowest BCUT2D eigenvalue weighted by Crippen LogP contribution is -2.36. The van der Waals surface area contributed by atoms with Crippen molar-refractivity contribution in [2.45, 2.75) is 31.6 Å². The lowest BCUT2D eigenvalue weighted by atomic mass is 9.72. The molecular weight excluding hydrogens is 417 g/mol. The Hall–Kier alpha value is -2.77. The number of ether oxygens (including phenoxy) is 2. The zero-order valence-corrected chi connectivity index (χ0v) is 18.3. The monoisotopic (exact) mass is 441 g/mol. The number of Topliss-reactive ketones (excluding diaryl/α,β-unsaturated/α-hetero) is 1. The summed E-state index contributed by atoms with van der Waals surface area (Å²) in [6.07, 6.45) is 1.06. The third-order valence-electron chi connectivity index (χ3n) is 5.72. The zero-order chi connectivity index (χ0) is 22.0. The van der Waals surface area contributed by atoms with Crippen LogP contribution in [0, 0.1) is 5.82 Å². The molecule has 7 heteroatoms. The minimum absolute atomic E-state index is 0.00355. The number of hydrogen-bond acceptors (Lipinski definition) is 6. The summed E-state index contributed by atoms with van der Waals surface area (Å²) in [6.45, 7) is 2.21. The van der Waals surface area contributed by atoms with Crippen molar-refractivity contribution in [2.75, 3.05) is 20.3 Å². The number of ketones is 1. The van der Waals surface area contributed by atoms with Crippen molar-refractivity contribution < 1.29 is 23.5 Å². The van der Waals surface area contributed by atoms with Crippen LogP contribution >= 0.6 is 11.3 Å².